The number of aromatic amines is 1. The van der Waals surface area contributed by atoms with Gasteiger partial charge in [-0.05, 0) is 24.3 Å². The molecule has 94 valence electrons. The zero-order chi connectivity index (χ0) is 13.2. The lowest BCUT2D eigenvalue weighted by molar-refractivity contribution is 0.0706. The van der Waals surface area contributed by atoms with Crippen molar-refractivity contribution in [1.29, 1.82) is 0 Å². The number of para-hydroxylation sites is 2. The molecule has 0 saturated heterocycles. The molecular formula is C14H11N3O2. The van der Waals surface area contributed by atoms with Gasteiger partial charge in [-0.25, -0.2) is 10.5 Å². The van der Waals surface area contributed by atoms with E-state index in [1.165, 1.54) is 0 Å². The summed E-state index contributed by atoms with van der Waals surface area (Å²) in [6, 6.07) is 14.6. The van der Waals surface area contributed by atoms with Crippen LogP contribution in [0.25, 0.3) is 22.4 Å². The summed E-state index contributed by atoms with van der Waals surface area (Å²) in [7, 11) is 0. The third kappa shape index (κ3) is 2.07. The van der Waals surface area contributed by atoms with E-state index in [1.54, 1.807) is 23.7 Å². The largest absolute Gasteiger partial charge is 0.338 e. The molecule has 3 rings (SSSR count). The van der Waals surface area contributed by atoms with Crippen LogP contribution in [0, 0.1) is 0 Å². The Bertz CT molecular complexity index is 716. The standard InChI is InChI=1S/C14H11N3O2/c18-14(17-19)10-5-3-4-9(8-10)13-15-11-6-1-2-7-12(11)16-13/h1-8,19H,(H,15,16)(H,17,18). The van der Waals surface area contributed by atoms with Crippen LogP contribution in [-0.4, -0.2) is 21.1 Å². The average molecular weight is 253 g/mol. The molecule has 0 aliphatic heterocycles. The predicted molar refractivity (Wildman–Crippen MR) is 70.8 cm³/mol. The monoisotopic (exact) mass is 253 g/mol. The average Bonchev–Trinajstić information content (AvgIpc) is 2.90. The van der Waals surface area contributed by atoms with Gasteiger partial charge in [-0.1, -0.05) is 24.3 Å². The van der Waals surface area contributed by atoms with Crippen LogP contribution in [0.15, 0.2) is 48.5 Å². The van der Waals surface area contributed by atoms with E-state index in [4.69, 9.17) is 5.21 Å². The molecule has 3 N–H and O–H groups in total. The van der Waals surface area contributed by atoms with Crippen molar-refractivity contribution in [3.05, 3.63) is 54.1 Å². The molecule has 0 aliphatic carbocycles. The minimum absolute atomic E-state index is 0.375. The van der Waals surface area contributed by atoms with E-state index in [0.717, 1.165) is 16.6 Å². The maximum atomic E-state index is 11.4. The Labute approximate surface area is 108 Å². The van der Waals surface area contributed by atoms with Crippen molar-refractivity contribution in [2.75, 3.05) is 0 Å². The summed E-state index contributed by atoms with van der Waals surface area (Å²) < 4.78 is 0. The van der Waals surface area contributed by atoms with Gasteiger partial charge in [0.15, 0.2) is 0 Å². The molecule has 5 heteroatoms. The highest BCUT2D eigenvalue weighted by Gasteiger charge is 2.08. The second-order valence-electron chi connectivity index (χ2n) is 4.12. The molecule has 1 heterocycles. The number of nitrogens with one attached hydrogen (secondary N) is 2. The fourth-order valence-corrected chi connectivity index (χ4v) is 1.96. The van der Waals surface area contributed by atoms with E-state index >= 15 is 0 Å². The van der Waals surface area contributed by atoms with E-state index in [1.807, 2.05) is 30.3 Å². The van der Waals surface area contributed by atoms with Gasteiger partial charge in [-0.3, -0.25) is 10.0 Å². The first-order chi connectivity index (χ1) is 9.28. The fourth-order valence-electron chi connectivity index (χ4n) is 1.96. The highest BCUT2D eigenvalue weighted by molar-refractivity contribution is 5.94. The number of aromatic nitrogens is 2. The summed E-state index contributed by atoms with van der Waals surface area (Å²) in [6.07, 6.45) is 0. The zero-order valence-corrected chi connectivity index (χ0v) is 9.92. The Kier molecular flexibility index (Phi) is 2.74. The molecule has 3 aromatic rings. The number of benzene rings is 2. The van der Waals surface area contributed by atoms with Gasteiger partial charge in [0.25, 0.3) is 5.91 Å². The molecule has 0 bridgehead atoms. The molecule has 0 saturated carbocycles. The van der Waals surface area contributed by atoms with Gasteiger partial charge in [0.05, 0.1) is 11.0 Å². The van der Waals surface area contributed by atoms with Crippen LogP contribution in [0.1, 0.15) is 10.4 Å². The molecule has 0 fully saturated rings. The van der Waals surface area contributed by atoms with Gasteiger partial charge in [-0.2, -0.15) is 0 Å². The summed E-state index contributed by atoms with van der Waals surface area (Å²) in [5.41, 5.74) is 4.59. The Hall–Kier alpha value is -2.66. The number of rotatable bonds is 2. The number of amides is 1. The Morgan fingerprint density at radius 1 is 1.16 bits per heavy atom. The van der Waals surface area contributed by atoms with Crippen LogP contribution in [0.4, 0.5) is 0 Å². The molecule has 0 atom stereocenters. The first kappa shape index (κ1) is 11.4. The maximum absolute atomic E-state index is 11.4. The van der Waals surface area contributed by atoms with Gasteiger partial charge >= 0.3 is 0 Å². The summed E-state index contributed by atoms with van der Waals surface area (Å²) in [4.78, 5) is 19.0. The lowest BCUT2D eigenvalue weighted by Gasteiger charge is -2.01. The first-order valence-electron chi connectivity index (χ1n) is 5.77. The van der Waals surface area contributed by atoms with Crippen molar-refractivity contribution in [1.82, 2.24) is 15.4 Å². The summed E-state index contributed by atoms with van der Waals surface area (Å²) in [5, 5.41) is 8.64. The van der Waals surface area contributed by atoms with Gasteiger partial charge in [-0.15, -0.1) is 0 Å². The van der Waals surface area contributed by atoms with Crippen LogP contribution < -0.4 is 5.48 Å². The van der Waals surface area contributed by atoms with Crippen molar-refractivity contribution >= 4 is 16.9 Å². The summed E-state index contributed by atoms with van der Waals surface area (Å²) in [6.45, 7) is 0. The molecule has 19 heavy (non-hydrogen) atoms. The van der Waals surface area contributed by atoms with Crippen LogP contribution >= 0.6 is 0 Å². The molecule has 5 nitrogen and oxygen atoms in total. The number of imidazole rings is 1. The molecule has 0 radical (unpaired) electrons. The molecular weight excluding hydrogens is 242 g/mol. The molecule has 0 unspecified atom stereocenters. The van der Waals surface area contributed by atoms with Crippen LogP contribution in [0.2, 0.25) is 0 Å². The van der Waals surface area contributed by atoms with Gasteiger partial charge in [0.1, 0.15) is 5.82 Å². The molecule has 1 amide bonds. The van der Waals surface area contributed by atoms with Crippen LogP contribution in [0.3, 0.4) is 0 Å². The lowest BCUT2D eigenvalue weighted by atomic mass is 10.1. The second-order valence-corrected chi connectivity index (χ2v) is 4.12. The smallest absolute Gasteiger partial charge is 0.274 e. The van der Waals surface area contributed by atoms with Crippen LogP contribution in [-0.2, 0) is 0 Å². The number of fused-ring (bicyclic) bond motifs is 1. The normalized spacial score (nSPS) is 10.6. The molecule has 0 spiro atoms. The number of carbonyl (C=O) groups excluding carboxylic acids is 1. The number of hydroxylamine groups is 1. The van der Waals surface area contributed by atoms with Crippen molar-refractivity contribution in [3.8, 4) is 11.4 Å². The van der Waals surface area contributed by atoms with E-state index in [9.17, 15) is 4.79 Å². The van der Waals surface area contributed by atoms with Gasteiger partial charge in [0.2, 0.25) is 0 Å². The van der Waals surface area contributed by atoms with E-state index in [0.29, 0.717) is 11.4 Å². The topological polar surface area (TPSA) is 78.0 Å². The molecule has 1 aromatic heterocycles. The SMILES string of the molecule is O=C(NO)c1cccc(-c2nc3ccccc3[nH]2)c1. The maximum Gasteiger partial charge on any atom is 0.274 e. The van der Waals surface area contributed by atoms with E-state index in [-0.39, 0.29) is 0 Å². The number of carbonyl (C=O) groups is 1. The van der Waals surface area contributed by atoms with Crippen LogP contribution in [0.5, 0.6) is 0 Å². The zero-order valence-electron chi connectivity index (χ0n) is 9.92. The third-order valence-corrected chi connectivity index (χ3v) is 2.89. The highest BCUT2D eigenvalue weighted by atomic mass is 16.5. The van der Waals surface area contributed by atoms with Gasteiger partial charge in [0, 0.05) is 11.1 Å². The van der Waals surface area contributed by atoms with Crippen molar-refractivity contribution < 1.29 is 10.0 Å². The van der Waals surface area contributed by atoms with Crippen molar-refractivity contribution in [3.63, 3.8) is 0 Å². The fraction of sp³-hybridized carbons (Fsp3) is 0. The highest BCUT2D eigenvalue weighted by Crippen LogP contribution is 2.21. The minimum atomic E-state index is -0.544. The Morgan fingerprint density at radius 2 is 2.00 bits per heavy atom. The number of hydrogen-bond acceptors (Lipinski definition) is 3. The van der Waals surface area contributed by atoms with Crippen molar-refractivity contribution in [2.45, 2.75) is 0 Å². The third-order valence-electron chi connectivity index (χ3n) is 2.89. The predicted octanol–water partition coefficient (Wildman–Crippen LogP) is 2.35. The van der Waals surface area contributed by atoms with E-state index < -0.39 is 5.91 Å². The number of nitrogens with zero attached hydrogens (tertiary/aromatic N) is 1. The second kappa shape index (κ2) is 4.55. The lowest BCUT2D eigenvalue weighted by Crippen LogP contribution is -2.18. The quantitative estimate of drug-likeness (QED) is 0.484. The number of hydrogen-bond donors (Lipinski definition) is 3. The Balaban J connectivity index is 2.08. The molecule has 2 aromatic carbocycles. The molecule has 0 aliphatic rings. The Morgan fingerprint density at radius 3 is 2.79 bits per heavy atom. The summed E-state index contributed by atoms with van der Waals surface area (Å²) >= 11 is 0. The van der Waals surface area contributed by atoms with E-state index in [2.05, 4.69) is 9.97 Å². The van der Waals surface area contributed by atoms with Crippen molar-refractivity contribution in [2.24, 2.45) is 0 Å². The number of H-pyrrole nitrogens is 1. The first-order valence-corrected chi connectivity index (χ1v) is 5.77. The minimum Gasteiger partial charge on any atom is -0.338 e. The van der Waals surface area contributed by atoms with Gasteiger partial charge < -0.3 is 4.98 Å². The summed E-state index contributed by atoms with van der Waals surface area (Å²) in [5.74, 6) is 0.145.